The predicted molar refractivity (Wildman–Crippen MR) is 70.1 cm³/mol. The highest BCUT2D eigenvalue weighted by atomic mass is 32.2. The lowest BCUT2D eigenvalue weighted by Crippen LogP contribution is -2.51. The number of carbonyl (C=O) groups excluding carboxylic acids is 1. The van der Waals surface area contributed by atoms with E-state index >= 15 is 0 Å². The SMILES string of the molecule is CCOC(=O)C(C)NS(=O)(=O)N1CCCC(C(=O)O)C1. The summed E-state index contributed by atoms with van der Waals surface area (Å²) >= 11 is 0. The Morgan fingerprint density at radius 2 is 2.15 bits per heavy atom. The molecule has 0 spiro atoms. The van der Waals surface area contributed by atoms with Crippen LogP contribution in [0.5, 0.6) is 0 Å². The van der Waals surface area contributed by atoms with Crippen molar-refractivity contribution in [2.75, 3.05) is 19.7 Å². The molecule has 20 heavy (non-hydrogen) atoms. The van der Waals surface area contributed by atoms with Gasteiger partial charge in [-0.05, 0) is 26.7 Å². The normalized spacial score (nSPS) is 22.2. The first-order valence-corrected chi connectivity index (χ1v) is 7.88. The van der Waals surface area contributed by atoms with Crippen molar-refractivity contribution in [2.24, 2.45) is 5.92 Å². The number of esters is 1. The second-order valence-electron chi connectivity index (χ2n) is 4.63. The summed E-state index contributed by atoms with van der Waals surface area (Å²) in [7, 11) is -3.89. The van der Waals surface area contributed by atoms with E-state index in [0.29, 0.717) is 12.8 Å². The molecule has 116 valence electrons. The number of nitrogens with zero attached hydrogens (tertiary/aromatic N) is 1. The number of rotatable bonds is 6. The second kappa shape index (κ2) is 7.00. The van der Waals surface area contributed by atoms with Gasteiger partial charge in [-0.3, -0.25) is 9.59 Å². The van der Waals surface area contributed by atoms with Crippen molar-refractivity contribution in [3.8, 4) is 0 Å². The number of piperidine rings is 1. The molecule has 1 aliphatic heterocycles. The molecule has 0 aliphatic carbocycles. The largest absolute Gasteiger partial charge is 0.481 e. The lowest BCUT2D eigenvalue weighted by atomic mass is 10.0. The summed E-state index contributed by atoms with van der Waals surface area (Å²) in [6.07, 6.45) is 0.931. The van der Waals surface area contributed by atoms with Gasteiger partial charge < -0.3 is 9.84 Å². The number of aliphatic carboxylic acids is 1. The Hall–Kier alpha value is -1.19. The Morgan fingerprint density at radius 3 is 2.70 bits per heavy atom. The van der Waals surface area contributed by atoms with Crippen molar-refractivity contribution in [3.05, 3.63) is 0 Å². The van der Waals surface area contributed by atoms with Crippen LogP contribution in [0.1, 0.15) is 26.7 Å². The Morgan fingerprint density at radius 1 is 1.50 bits per heavy atom. The van der Waals surface area contributed by atoms with Crippen LogP contribution in [0, 0.1) is 5.92 Å². The fourth-order valence-corrected chi connectivity index (χ4v) is 3.41. The fourth-order valence-electron chi connectivity index (χ4n) is 1.98. The van der Waals surface area contributed by atoms with E-state index in [1.165, 1.54) is 6.92 Å². The van der Waals surface area contributed by atoms with Crippen LogP contribution in [-0.4, -0.2) is 55.5 Å². The van der Waals surface area contributed by atoms with E-state index in [4.69, 9.17) is 9.84 Å². The second-order valence-corrected chi connectivity index (χ2v) is 6.33. The summed E-state index contributed by atoms with van der Waals surface area (Å²) in [6.45, 7) is 3.33. The van der Waals surface area contributed by atoms with Crippen molar-refractivity contribution in [1.82, 2.24) is 9.03 Å². The van der Waals surface area contributed by atoms with Gasteiger partial charge in [-0.1, -0.05) is 0 Å². The molecular weight excluding hydrogens is 288 g/mol. The average Bonchev–Trinajstić information content (AvgIpc) is 2.38. The molecule has 1 rings (SSSR count). The summed E-state index contributed by atoms with van der Waals surface area (Å²) in [6, 6.07) is -1.01. The first-order valence-electron chi connectivity index (χ1n) is 6.44. The van der Waals surface area contributed by atoms with Crippen LogP contribution < -0.4 is 4.72 Å². The monoisotopic (exact) mass is 308 g/mol. The fraction of sp³-hybridized carbons (Fsp3) is 0.818. The molecule has 1 saturated heterocycles. The zero-order valence-electron chi connectivity index (χ0n) is 11.5. The maximum atomic E-state index is 12.1. The summed E-state index contributed by atoms with van der Waals surface area (Å²) < 4.78 is 32.2. The van der Waals surface area contributed by atoms with Crippen molar-refractivity contribution in [2.45, 2.75) is 32.7 Å². The third kappa shape index (κ3) is 4.43. The van der Waals surface area contributed by atoms with Crippen LogP contribution in [0.4, 0.5) is 0 Å². The number of carboxylic acids is 1. The van der Waals surface area contributed by atoms with Crippen molar-refractivity contribution in [3.63, 3.8) is 0 Å². The molecule has 2 atom stereocenters. The number of hydrogen-bond donors (Lipinski definition) is 2. The van der Waals surface area contributed by atoms with E-state index in [9.17, 15) is 18.0 Å². The van der Waals surface area contributed by atoms with Crippen molar-refractivity contribution < 1.29 is 27.9 Å². The Kier molecular flexibility index (Phi) is 5.90. The number of carboxylic acid groups (broad SMARTS) is 1. The van der Waals surface area contributed by atoms with Gasteiger partial charge in [-0.25, -0.2) is 0 Å². The van der Waals surface area contributed by atoms with Gasteiger partial charge in [0.25, 0.3) is 10.2 Å². The van der Waals surface area contributed by atoms with E-state index in [0.717, 1.165) is 4.31 Å². The maximum Gasteiger partial charge on any atom is 0.323 e. The molecule has 0 amide bonds. The van der Waals surface area contributed by atoms with Crippen molar-refractivity contribution in [1.29, 1.82) is 0 Å². The van der Waals surface area contributed by atoms with Gasteiger partial charge in [-0.2, -0.15) is 17.4 Å². The topological polar surface area (TPSA) is 113 Å². The molecule has 1 aliphatic rings. The van der Waals surface area contributed by atoms with E-state index in [1.807, 2.05) is 0 Å². The van der Waals surface area contributed by atoms with E-state index in [-0.39, 0.29) is 19.7 Å². The molecule has 2 N–H and O–H groups in total. The number of ether oxygens (including phenoxy) is 1. The maximum absolute atomic E-state index is 12.1. The van der Waals surface area contributed by atoms with Gasteiger partial charge >= 0.3 is 11.9 Å². The molecule has 2 unspecified atom stereocenters. The van der Waals surface area contributed by atoms with Crippen LogP contribution in [0.15, 0.2) is 0 Å². The number of hydrogen-bond acceptors (Lipinski definition) is 5. The summed E-state index contributed by atoms with van der Waals surface area (Å²) in [4.78, 5) is 22.3. The molecule has 0 bridgehead atoms. The highest BCUT2D eigenvalue weighted by molar-refractivity contribution is 7.87. The Labute approximate surface area is 118 Å². The first kappa shape index (κ1) is 16.9. The molecule has 1 fully saturated rings. The number of carbonyl (C=O) groups is 2. The summed E-state index contributed by atoms with van der Waals surface area (Å²) in [5, 5.41) is 8.95. The molecular formula is C11H20N2O6S. The highest BCUT2D eigenvalue weighted by Crippen LogP contribution is 2.18. The highest BCUT2D eigenvalue weighted by Gasteiger charge is 2.34. The molecule has 8 nitrogen and oxygen atoms in total. The quantitative estimate of drug-likeness (QED) is 0.644. The molecule has 0 saturated carbocycles. The van der Waals surface area contributed by atoms with Gasteiger partial charge in [0.2, 0.25) is 0 Å². The van der Waals surface area contributed by atoms with Gasteiger partial charge in [0, 0.05) is 13.1 Å². The van der Waals surface area contributed by atoms with Gasteiger partial charge in [0.05, 0.1) is 12.5 Å². The number of nitrogens with one attached hydrogen (secondary N) is 1. The Bertz CT molecular complexity index is 464. The molecule has 0 aromatic carbocycles. The van der Waals surface area contributed by atoms with Crippen LogP contribution in [-0.2, 0) is 24.5 Å². The first-order chi connectivity index (χ1) is 9.27. The smallest absolute Gasteiger partial charge is 0.323 e. The standard InChI is InChI=1S/C11H20N2O6S/c1-3-19-11(16)8(2)12-20(17,18)13-6-4-5-9(7-13)10(14)15/h8-9,12H,3-7H2,1-2H3,(H,14,15). The van der Waals surface area contributed by atoms with Crippen LogP contribution in [0.25, 0.3) is 0 Å². The minimum absolute atomic E-state index is 0.0831. The van der Waals surface area contributed by atoms with Crippen LogP contribution in [0.3, 0.4) is 0 Å². The average molecular weight is 308 g/mol. The lowest BCUT2D eigenvalue weighted by Gasteiger charge is -2.30. The zero-order chi connectivity index (χ0) is 15.3. The minimum Gasteiger partial charge on any atom is -0.481 e. The van der Waals surface area contributed by atoms with Gasteiger partial charge in [-0.15, -0.1) is 0 Å². The Balaban J connectivity index is 2.68. The zero-order valence-corrected chi connectivity index (χ0v) is 12.4. The van der Waals surface area contributed by atoms with Crippen molar-refractivity contribution >= 4 is 22.1 Å². The van der Waals surface area contributed by atoms with Gasteiger partial charge in [0.15, 0.2) is 0 Å². The third-order valence-corrected chi connectivity index (χ3v) is 4.70. The van der Waals surface area contributed by atoms with Gasteiger partial charge in [0.1, 0.15) is 6.04 Å². The minimum atomic E-state index is -3.89. The van der Waals surface area contributed by atoms with E-state index in [2.05, 4.69) is 4.72 Å². The van der Waals surface area contributed by atoms with E-state index in [1.54, 1.807) is 6.92 Å². The third-order valence-electron chi connectivity index (χ3n) is 3.04. The molecule has 0 aromatic heterocycles. The van der Waals surface area contributed by atoms with Crippen LogP contribution >= 0.6 is 0 Å². The summed E-state index contributed by atoms with van der Waals surface area (Å²) in [5.74, 6) is -2.38. The molecule has 0 aromatic rings. The predicted octanol–water partition coefficient (Wildman–Crippen LogP) is -0.431. The molecule has 0 radical (unpaired) electrons. The van der Waals surface area contributed by atoms with Crippen LogP contribution in [0.2, 0.25) is 0 Å². The van der Waals surface area contributed by atoms with E-state index < -0.39 is 34.1 Å². The summed E-state index contributed by atoms with van der Waals surface area (Å²) in [5.41, 5.74) is 0. The lowest BCUT2D eigenvalue weighted by molar-refractivity contribution is -0.145. The molecule has 1 heterocycles. The molecule has 9 heteroatoms.